The van der Waals surface area contributed by atoms with Crippen LogP contribution in [0.1, 0.15) is 12.8 Å². The van der Waals surface area contributed by atoms with E-state index in [4.69, 9.17) is 0 Å². The van der Waals surface area contributed by atoms with Gasteiger partial charge in [0.1, 0.15) is 0 Å². The van der Waals surface area contributed by atoms with Gasteiger partial charge in [0.25, 0.3) is 0 Å². The molecule has 2 saturated heterocycles. The largest absolute Gasteiger partial charge is 0.352 e. The quantitative estimate of drug-likeness (QED) is 0.870. The molecule has 3 rings (SSSR count). The van der Waals surface area contributed by atoms with E-state index in [9.17, 15) is 18.0 Å². The van der Waals surface area contributed by atoms with Gasteiger partial charge >= 0.3 is 0 Å². The lowest BCUT2D eigenvalue weighted by atomic mass is 10.1. The van der Waals surface area contributed by atoms with Crippen LogP contribution in [0.3, 0.4) is 0 Å². The van der Waals surface area contributed by atoms with E-state index in [1.54, 1.807) is 4.90 Å². The third kappa shape index (κ3) is 3.14. The van der Waals surface area contributed by atoms with Crippen molar-refractivity contribution in [2.75, 3.05) is 23.0 Å². The van der Waals surface area contributed by atoms with Crippen LogP contribution in [-0.4, -0.2) is 44.3 Å². The van der Waals surface area contributed by atoms with Gasteiger partial charge in [0.2, 0.25) is 11.8 Å². The highest BCUT2D eigenvalue weighted by Gasteiger charge is 2.37. The van der Waals surface area contributed by atoms with Gasteiger partial charge in [0.15, 0.2) is 9.84 Å². The predicted octanol–water partition coefficient (Wildman–Crippen LogP) is 0.343. The van der Waals surface area contributed by atoms with Gasteiger partial charge in [0.05, 0.1) is 17.4 Å². The van der Waals surface area contributed by atoms with Gasteiger partial charge in [-0.1, -0.05) is 18.2 Å². The minimum absolute atomic E-state index is 0.00179. The van der Waals surface area contributed by atoms with E-state index in [1.165, 1.54) is 0 Å². The molecule has 2 fully saturated rings. The number of rotatable bonds is 3. The van der Waals surface area contributed by atoms with Gasteiger partial charge in [-0.25, -0.2) is 8.42 Å². The fourth-order valence-electron chi connectivity index (χ4n) is 2.97. The molecule has 0 spiro atoms. The molecule has 0 radical (unpaired) electrons. The maximum absolute atomic E-state index is 12.2. The molecule has 7 heteroatoms. The Hall–Kier alpha value is -1.89. The first-order valence-electron chi connectivity index (χ1n) is 7.31. The number of hydrogen-bond acceptors (Lipinski definition) is 4. The first-order valence-corrected chi connectivity index (χ1v) is 9.13. The molecular weight excluding hydrogens is 304 g/mol. The molecule has 22 heavy (non-hydrogen) atoms. The first kappa shape index (κ1) is 15.0. The SMILES string of the molecule is O=C(N[C@@H]1CCS(=O)(=O)C1)[C@@H]1CC(=O)N(c2ccccc2)C1. The zero-order valence-electron chi connectivity index (χ0n) is 12.1. The number of hydrogen-bond donors (Lipinski definition) is 1. The molecule has 1 aromatic rings. The molecule has 0 unspecified atom stereocenters. The van der Waals surface area contributed by atoms with Crippen molar-refractivity contribution in [2.24, 2.45) is 5.92 Å². The number of para-hydroxylation sites is 1. The number of benzene rings is 1. The van der Waals surface area contributed by atoms with E-state index >= 15 is 0 Å². The Morgan fingerprint density at radius 2 is 1.95 bits per heavy atom. The molecule has 0 aliphatic carbocycles. The summed E-state index contributed by atoms with van der Waals surface area (Å²) in [6.45, 7) is 0.341. The summed E-state index contributed by atoms with van der Waals surface area (Å²) < 4.78 is 22.8. The third-order valence-electron chi connectivity index (χ3n) is 4.14. The van der Waals surface area contributed by atoms with Gasteiger partial charge in [-0.2, -0.15) is 0 Å². The van der Waals surface area contributed by atoms with Crippen LogP contribution >= 0.6 is 0 Å². The van der Waals surface area contributed by atoms with Crippen LogP contribution in [0.25, 0.3) is 0 Å². The molecule has 0 bridgehead atoms. The first-order chi connectivity index (χ1) is 10.4. The average molecular weight is 322 g/mol. The molecule has 2 aliphatic rings. The normalized spacial score (nSPS) is 27.1. The number of sulfone groups is 1. The van der Waals surface area contributed by atoms with Crippen LogP contribution in [0.15, 0.2) is 30.3 Å². The van der Waals surface area contributed by atoms with E-state index in [0.29, 0.717) is 13.0 Å². The summed E-state index contributed by atoms with van der Waals surface area (Å²) in [6, 6.07) is 8.91. The summed E-state index contributed by atoms with van der Waals surface area (Å²) in [5.41, 5.74) is 0.784. The number of carbonyl (C=O) groups is 2. The summed E-state index contributed by atoms with van der Waals surface area (Å²) in [5.74, 6) is -0.602. The average Bonchev–Trinajstić information content (AvgIpc) is 3.02. The van der Waals surface area contributed by atoms with Crippen molar-refractivity contribution in [1.29, 1.82) is 0 Å². The maximum Gasteiger partial charge on any atom is 0.227 e. The Labute approximate surface area is 129 Å². The summed E-state index contributed by atoms with van der Waals surface area (Å²) in [5, 5.41) is 2.77. The lowest BCUT2D eigenvalue weighted by Gasteiger charge is -2.17. The van der Waals surface area contributed by atoms with Crippen molar-refractivity contribution in [2.45, 2.75) is 18.9 Å². The van der Waals surface area contributed by atoms with Gasteiger partial charge < -0.3 is 10.2 Å². The van der Waals surface area contributed by atoms with Crippen LogP contribution < -0.4 is 10.2 Å². The highest BCUT2D eigenvalue weighted by Crippen LogP contribution is 2.25. The Bertz CT molecular complexity index is 687. The zero-order chi connectivity index (χ0) is 15.7. The monoisotopic (exact) mass is 322 g/mol. The topological polar surface area (TPSA) is 83.5 Å². The molecular formula is C15H18N2O4S. The van der Waals surface area contributed by atoms with E-state index in [0.717, 1.165) is 5.69 Å². The Morgan fingerprint density at radius 1 is 1.23 bits per heavy atom. The van der Waals surface area contributed by atoms with Gasteiger partial charge in [-0.15, -0.1) is 0 Å². The number of carbonyl (C=O) groups excluding carboxylic acids is 2. The third-order valence-corrected chi connectivity index (χ3v) is 5.91. The molecule has 0 saturated carbocycles. The molecule has 118 valence electrons. The highest BCUT2D eigenvalue weighted by atomic mass is 32.2. The van der Waals surface area contributed by atoms with Crippen molar-refractivity contribution in [3.05, 3.63) is 30.3 Å². The van der Waals surface area contributed by atoms with Crippen LogP contribution in [0.5, 0.6) is 0 Å². The lowest BCUT2D eigenvalue weighted by Crippen LogP contribution is -2.40. The van der Waals surface area contributed by atoms with E-state index in [2.05, 4.69) is 5.32 Å². The van der Waals surface area contributed by atoms with Crippen molar-refractivity contribution in [3.63, 3.8) is 0 Å². The minimum Gasteiger partial charge on any atom is -0.352 e. The summed E-state index contributed by atoms with van der Waals surface area (Å²) in [6.07, 6.45) is 0.622. The predicted molar refractivity (Wildman–Crippen MR) is 82.1 cm³/mol. The van der Waals surface area contributed by atoms with Crippen molar-refractivity contribution >= 4 is 27.3 Å². The van der Waals surface area contributed by atoms with Crippen LogP contribution in [0, 0.1) is 5.92 Å². The summed E-state index contributed by atoms with van der Waals surface area (Å²) in [7, 11) is -3.02. The standard InChI is InChI=1S/C15H18N2O4S/c18-14-8-11(9-17(14)13-4-2-1-3-5-13)15(19)16-12-6-7-22(20,21)10-12/h1-5,11-12H,6-10H2,(H,16,19)/t11-,12-/m1/s1. The van der Waals surface area contributed by atoms with E-state index < -0.39 is 15.8 Å². The smallest absolute Gasteiger partial charge is 0.227 e. The van der Waals surface area contributed by atoms with E-state index in [-0.39, 0.29) is 35.8 Å². The summed E-state index contributed by atoms with van der Waals surface area (Å²) in [4.78, 5) is 25.9. The van der Waals surface area contributed by atoms with Crippen LogP contribution in [0.4, 0.5) is 5.69 Å². The molecule has 2 amide bonds. The van der Waals surface area contributed by atoms with E-state index in [1.807, 2.05) is 30.3 Å². The molecule has 2 atom stereocenters. The van der Waals surface area contributed by atoms with Crippen LogP contribution in [0.2, 0.25) is 0 Å². The van der Waals surface area contributed by atoms with Gasteiger partial charge in [0, 0.05) is 24.7 Å². The van der Waals surface area contributed by atoms with Crippen molar-refractivity contribution in [3.8, 4) is 0 Å². The molecule has 0 aromatic heterocycles. The number of nitrogens with one attached hydrogen (secondary N) is 1. The number of anilines is 1. The molecule has 2 aliphatic heterocycles. The molecule has 1 N–H and O–H groups in total. The Morgan fingerprint density at radius 3 is 2.59 bits per heavy atom. The zero-order valence-corrected chi connectivity index (χ0v) is 12.9. The fourth-order valence-corrected chi connectivity index (χ4v) is 4.64. The van der Waals surface area contributed by atoms with Crippen molar-refractivity contribution < 1.29 is 18.0 Å². The highest BCUT2D eigenvalue weighted by molar-refractivity contribution is 7.91. The van der Waals surface area contributed by atoms with Gasteiger partial charge in [-0.05, 0) is 18.6 Å². The molecule has 2 heterocycles. The fraction of sp³-hybridized carbons (Fsp3) is 0.467. The molecule has 1 aromatic carbocycles. The summed E-state index contributed by atoms with van der Waals surface area (Å²) >= 11 is 0. The maximum atomic E-state index is 12.2. The van der Waals surface area contributed by atoms with Crippen LogP contribution in [-0.2, 0) is 19.4 Å². The second kappa shape index (κ2) is 5.72. The second-order valence-corrected chi connectivity index (χ2v) is 8.08. The Balaban J connectivity index is 1.62. The van der Waals surface area contributed by atoms with Crippen molar-refractivity contribution in [1.82, 2.24) is 5.32 Å². The number of amides is 2. The second-order valence-electron chi connectivity index (χ2n) is 5.85. The Kier molecular flexibility index (Phi) is 3.90. The van der Waals surface area contributed by atoms with Gasteiger partial charge in [-0.3, -0.25) is 9.59 Å². The number of nitrogens with zero attached hydrogens (tertiary/aromatic N) is 1. The lowest BCUT2D eigenvalue weighted by molar-refractivity contribution is -0.126. The molecule has 6 nitrogen and oxygen atoms in total. The minimum atomic E-state index is -3.02.